The zero-order valence-electron chi connectivity index (χ0n) is 4.86. The predicted octanol–water partition coefficient (Wildman–Crippen LogP) is -2.24. The molecule has 0 aromatic heterocycles. The van der Waals surface area contributed by atoms with Gasteiger partial charge in [0.15, 0.2) is 7.98 Å². The van der Waals surface area contributed by atoms with E-state index in [9.17, 15) is 0 Å². The van der Waals surface area contributed by atoms with Gasteiger partial charge in [-0.1, -0.05) is 6.92 Å². The molecule has 0 aromatic carbocycles. The van der Waals surface area contributed by atoms with Crippen LogP contribution < -0.4 is 0 Å². The summed E-state index contributed by atoms with van der Waals surface area (Å²) in [5.74, 6) is 0. The fourth-order valence-electron chi connectivity index (χ4n) is 0.224. The van der Waals surface area contributed by atoms with E-state index in [-0.39, 0.29) is 0 Å². The number of hydrogen-bond acceptors (Lipinski definition) is 1. The molecule has 0 aliphatic carbocycles. The van der Waals surface area contributed by atoms with Gasteiger partial charge in [0.25, 0.3) is 0 Å². The minimum atomic E-state index is 1.16. The van der Waals surface area contributed by atoms with Gasteiger partial charge in [-0.25, -0.2) is 0 Å². The quantitative estimate of drug-likeness (QED) is 0.339. The van der Waals surface area contributed by atoms with Crippen molar-refractivity contribution in [2.24, 2.45) is 0 Å². The molecule has 6 heavy (non-hydrogen) atoms. The molecule has 0 saturated carbocycles. The fourth-order valence-corrected chi connectivity index (χ4v) is 0.224. The monoisotopic (exact) mass is 81.1 g/mol. The summed E-state index contributed by atoms with van der Waals surface area (Å²) in [6, 6.07) is 0. The predicted molar refractivity (Wildman–Crippen MR) is 36.6 cm³/mol. The van der Waals surface area contributed by atoms with Crippen LogP contribution in [-0.2, 0) is 0 Å². The van der Waals surface area contributed by atoms with Gasteiger partial charge in [0.2, 0.25) is 0 Å². The Kier molecular flexibility index (Phi) is 3.44. The lowest BCUT2D eigenvalue weighted by molar-refractivity contribution is 0.741. The van der Waals surface area contributed by atoms with E-state index >= 15 is 0 Å². The molecule has 0 amide bonds. The highest BCUT2D eigenvalue weighted by molar-refractivity contribution is 6.89. The van der Waals surface area contributed by atoms with Crippen LogP contribution in [-0.4, -0.2) is 34.3 Å². The van der Waals surface area contributed by atoms with E-state index < -0.39 is 0 Å². The van der Waals surface area contributed by atoms with Crippen LogP contribution in [0.25, 0.3) is 0 Å². The van der Waals surface area contributed by atoms with Crippen molar-refractivity contribution in [3.05, 3.63) is 0 Å². The van der Waals surface area contributed by atoms with Crippen LogP contribution in [0.3, 0.4) is 0 Å². The summed E-state index contributed by atoms with van der Waals surface area (Å²) in [7, 11) is 5.43. The second-order valence-corrected chi connectivity index (χ2v) is 1.49. The first-order valence-corrected chi connectivity index (χ1v) is 2.49. The van der Waals surface area contributed by atoms with Crippen LogP contribution in [0.5, 0.6) is 0 Å². The lowest BCUT2D eigenvalue weighted by Gasteiger charge is -2.07. The third-order valence-corrected chi connectivity index (χ3v) is 1.08. The molecule has 0 aromatic rings. The summed E-state index contributed by atoms with van der Waals surface area (Å²) >= 11 is 0. The largest absolute Gasteiger partial charge is 0.399 e. The summed E-state index contributed by atoms with van der Waals surface area (Å²) < 4.78 is 2.25. The number of nitrogens with zero attached hydrogens (tertiary/aromatic N) is 1. The zero-order chi connectivity index (χ0) is 4.99. The lowest BCUT2D eigenvalue weighted by Crippen LogP contribution is -2.24. The average molecular weight is 80.5 g/mol. The van der Waals surface area contributed by atoms with Gasteiger partial charge in [0.05, 0.1) is 7.74 Å². The Labute approximate surface area is 42.2 Å². The molecule has 0 N–H and O–H groups in total. The van der Waals surface area contributed by atoms with Gasteiger partial charge in [0.1, 0.15) is 7.31 Å². The maximum absolute atomic E-state index is 2.25. The van der Waals surface area contributed by atoms with Gasteiger partial charge in [-0.2, -0.15) is 0 Å². The van der Waals surface area contributed by atoms with Crippen LogP contribution in [0.1, 0.15) is 6.92 Å². The average Bonchev–Trinajstić information content (AvgIpc) is 1.65. The van der Waals surface area contributed by atoms with E-state index in [1.165, 1.54) is 0 Å². The zero-order valence-corrected chi connectivity index (χ0v) is 4.86. The number of rotatable bonds is 2. The van der Waals surface area contributed by atoms with E-state index in [0.717, 1.165) is 13.8 Å². The molecular weight excluding hydrogens is 70.5 g/mol. The van der Waals surface area contributed by atoms with Gasteiger partial charge in [-0.05, 0) is 6.54 Å². The van der Waals surface area contributed by atoms with Gasteiger partial charge in [-0.3, -0.25) is 0 Å². The minimum Gasteiger partial charge on any atom is -0.399 e. The van der Waals surface area contributed by atoms with E-state index in [1.807, 2.05) is 0 Å². The Hall–Kier alpha value is 0.155. The standard InChI is InChI=1S/C2H10B3N/c1-2-6(4)5-3/h5H,2-4H2,1H3. The SMILES string of the molecule is BBN(B)CC. The van der Waals surface area contributed by atoms with Crippen LogP contribution in [0.4, 0.5) is 0 Å². The molecule has 0 atom stereocenters. The van der Waals surface area contributed by atoms with E-state index in [0.29, 0.717) is 0 Å². The Bertz CT molecular complexity index is 28.0. The third kappa shape index (κ3) is 2.40. The highest BCUT2D eigenvalue weighted by Crippen LogP contribution is 1.66. The van der Waals surface area contributed by atoms with Crippen LogP contribution in [0.2, 0.25) is 0 Å². The third-order valence-electron chi connectivity index (χ3n) is 1.08. The Morgan fingerprint density at radius 1 is 1.83 bits per heavy atom. The van der Waals surface area contributed by atoms with E-state index in [2.05, 4.69) is 27.4 Å². The highest BCUT2D eigenvalue weighted by Gasteiger charge is 1.84. The Morgan fingerprint density at radius 2 is 2.33 bits per heavy atom. The molecular formula is C2H10B3N. The van der Waals surface area contributed by atoms with Gasteiger partial charge in [-0.15, -0.1) is 0 Å². The first-order valence-electron chi connectivity index (χ1n) is 2.49. The molecule has 0 rings (SSSR count). The van der Waals surface area contributed by atoms with Crippen molar-refractivity contribution >= 4 is 23.0 Å². The summed E-state index contributed by atoms with van der Waals surface area (Å²) in [6.45, 7) is 3.32. The van der Waals surface area contributed by atoms with Gasteiger partial charge >= 0.3 is 0 Å². The first-order chi connectivity index (χ1) is 2.81. The van der Waals surface area contributed by atoms with E-state index in [4.69, 9.17) is 0 Å². The molecule has 4 heteroatoms. The van der Waals surface area contributed by atoms with Crippen molar-refractivity contribution in [1.29, 1.82) is 0 Å². The molecule has 0 unspecified atom stereocenters. The van der Waals surface area contributed by atoms with Crippen LogP contribution in [0, 0.1) is 0 Å². The van der Waals surface area contributed by atoms with Crippen molar-refractivity contribution in [3.8, 4) is 0 Å². The second-order valence-electron chi connectivity index (χ2n) is 1.49. The first kappa shape index (κ1) is 6.15. The topological polar surface area (TPSA) is 3.24 Å². The van der Waals surface area contributed by atoms with Crippen molar-refractivity contribution in [3.63, 3.8) is 0 Å². The van der Waals surface area contributed by atoms with Crippen molar-refractivity contribution in [2.75, 3.05) is 6.54 Å². The van der Waals surface area contributed by atoms with Gasteiger partial charge < -0.3 is 4.72 Å². The normalized spacial score (nSPS) is 9.00. The van der Waals surface area contributed by atoms with Crippen molar-refractivity contribution in [2.45, 2.75) is 6.92 Å². The second kappa shape index (κ2) is 3.35. The molecule has 0 spiro atoms. The highest BCUT2D eigenvalue weighted by atomic mass is 14.9. The van der Waals surface area contributed by atoms with E-state index in [1.54, 1.807) is 0 Å². The van der Waals surface area contributed by atoms with Gasteiger partial charge in [0, 0.05) is 0 Å². The molecule has 0 fully saturated rings. The fraction of sp³-hybridized carbons (Fsp3) is 1.00. The maximum atomic E-state index is 2.25. The van der Waals surface area contributed by atoms with Crippen molar-refractivity contribution < 1.29 is 0 Å². The smallest absolute Gasteiger partial charge is 0.172 e. The molecule has 1 nitrogen and oxygen atoms in total. The molecule has 0 bridgehead atoms. The molecule has 0 radical (unpaired) electrons. The molecule has 0 aliphatic rings. The number of hydrogen-bond donors (Lipinski definition) is 0. The summed E-state index contributed by atoms with van der Waals surface area (Å²) in [5.41, 5.74) is 0. The maximum Gasteiger partial charge on any atom is 0.172 e. The molecule has 32 valence electrons. The van der Waals surface area contributed by atoms with Crippen LogP contribution >= 0.6 is 0 Å². The molecule has 0 heterocycles. The Balaban J connectivity index is 2.75. The van der Waals surface area contributed by atoms with Crippen molar-refractivity contribution in [1.82, 2.24) is 4.72 Å². The summed E-state index contributed by atoms with van der Waals surface area (Å²) in [5, 5.41) is 0. The van der Waals surface area contributed by atoms with Crippen LogP contribution in [0.15, 0.2) is 0 Å². The lowest BCUT2D eigenvalue weighted by atomic mass is 9.63. The molecule has 0 aliphatic heterocycles. The summed E-state index contributed by atoms with van der Waals surface area (Å²) in [4.78, 5) is 0. The molecule has 0 saturated heterocycles. The minimum absolute atomic E-state index is 1.16. The Morgan fingerprint density at radius 3 is 2.33 bits per heavy atom. The summed E-state index contributed by atoms with van der Waals surface area (Å²) in [6.07, 6.45) is 0.